The Morgan fingerprint density at radius 1 is 0.357 bits per heavy atom. The standard InChI is InChI=1S/2C18H15P.C2H5.BrH.Ni/c2*1-4-10-16(11-5-1)19(17-12-6-2-7-13-17)18-14-8-3-9-15-18;1-2;;/h2*1-15H;1H2,2H3;1H;/q;;;;-1/p+1. The first-order valence-corrected chi connectivity index (χ1v) is 24.1. The quantitative estimate of drug-likeness (QED) is 0.106. The van der Waals surface area contributed by atoms with Crippen LogP contribution < -0.4 is 31.8 Å². The Morgan fingerprint density at radius 3 is 0.667 bits per heavy atom. The van der Waals surface area contributed by atoms with Gasteiger partial charge in [0.25, 0.3) is 0 Å². The number of halogens is 1. The molecule has 42 heavy (non-hydrogen) atoms. The zero-order valence-electron chi connectivity index (χ0n) is 23.7. The fraction of sp³-hybridized carbons (Fsp3) is 0.0526. The van der Waals surface area contributed by atoms with Crippen LogP contribution in [0.2, 0.25) is 5.39 Å². The summed E-state index contributed by atoms with van der Waals surface area (Å²) in [7, 11) is -1.88. The third kappa shape index (κ3) is 4.65. The summed E-state index contributed by atoms with van der Waals surface area (Å²) in [6.45, 7) is 2.45. The van der Waals surface area contributed by atoms with E-state index in [1.807, 2.05) is 0 Å². The van der Waals surface area contributed by atoms with Gasteiger partial charge in [-0.15, -0.1) is 0 Å². The van der Waals surface area contributed by atoms with Crippen molar-refractivity contribution in [1.29, 1.82) is 0 Å². The van der Waals surface area contributed by atoms with Crippen LogP contribution in [0.5, 0.6) is 0 Å². The van der Waals surface area contributed by atoms with Crippen LogP contribution in [0.1, 0.15) is 6.92 Å². The molecule has 0 bridgehead atoms. The molecule has 0 aliphatic carbocycles. The van der Waals surface area contributed by atoms with Gasteiger partial charge in [0.2, 0.25) is 0 Å². The average Bonchev–Trinajstić information content (AvgIpc) is 3.08. The first-order valence-electron chi connectivity index (χ1n) is 14.3. The zero-order chi connectivity index (χ0) is 28.9. The fourth-order valence-corrected chi connectivity index (χ4v) is 52.7. The van der Waals surface area contributed by atoms with Gasteiger partial charge in [-0.05, 0) is 0 Å². The summed E-state index contributed by atoms with van der Waals surface area (Å²) in [5.41, 5.74) is 0. The summed E-state index contributed by atoms with van der Waals surface area (Å²) in [5.74, 6) is 0. The fourth-order valence-electron chi connectivity index (χ4n) is 6.33. The topological polar surface area (TPSA) is 0 Å². The molecule has 0 saturated heterocycles. The van der Waals surface area contributed by atoms with Crippen molar-refractivity contribution in [1.82, 2.24) is 0 Å². The molecule has 0 saturated carbocycles. The van der Waals surface area contributed by atoms with Gasteiger partial charge in [-0.2, -0.15) is 0 Å². The van der Waals surface area contributed by atoms with E-state index in [0.717, 1.165) is 5.39 Å². The second-order valence-corrected chi connectivity index (χ2v) is 35.9. The molecule has 0 heterocycles. The molecule has 4 heteroatoms. The van der Waals surface area contributed by atoms with Crippen molar-refractivity contribution in [2.24, 2.45) is 0 Å². The zero-order valence-corrected chi connectivity index (χ0v) is 28.3. The molecule has 6 aromatic rings. The van der Waals surface area contributed by atoms with Crippen LogP contribution in [0.3, 0.4) is 0 Å². The van der Waals surface area contributed by atoms with Gasteiger partial charge in [0.05, 0.1) is 0 Å². The van der Waals surface area contributed by atoms with E-state index in [9.17, 15) is 0 Å². The van der Waals surface area contributed by atoms with Gasteiger partial charge in [-0.25, -0.2) is 0 Å². The first-order chi connectivity index (χ1) is 20.7. The normalized spacial score (nSPS) is 14.8. The van der Waals surface area contributed by atoms with Gasteiger partial charge < -0.3 is 0 Å². The van der Waals surface area contributed by atoms with Crippen LogP contribution in [-0.2, 0) is 9.75 Å². The Kier molecular flexibility index (Phi) is 8.91. The van der Waals surface area contributed by atoms with Crippen molar-refractivity contribution < 1.29 is 9.75 Å². The van der Waals surface area contributed by atoms with Crippen molar-refractivity contribution in [3.05, 3.63) is 182 Å². The van der Waals surface area contributed by atoms with Crippen molar-refractivity contribution in [3.63, 3.8) is 0 Å². The Bertz CT molecular complexity index is 1380. The molecular weight excluding hydrogens is 657 g/mol. The number of hydrogen-bond donors (Lipinski definition) is 0. The van der Waals surface area contributed by atoms with Crippen molar-refractivity contribution in [3.8, 4) is 0 Å². The van der Waals surface area contributed by atoms with E-state index in [2.05, 4.69) is 189 Å². The second-order valence-electron chi connectivity index (χ2n) is 10.2. The van der Waals surface area contributed by atoms with Gasteiger partial charge in [0, 0.05) is 0 Å². The molecule has 0 aliphatic rings. The molecule has 216 valence electrons. The Labute approximate surface area is 260 Å². The van der Waals surface area contributed by atoms with E-state index in [-0.39, 0.29) is 0 Å². The summed E-state index contributed by atoms with van der Waals surface area (Å²) >= 11 is 4.97. The van der Waals surface area contributed by atoms with Crippen LogP contribution >= 0.6 is 26.3 Å². The minimum atomic E-state index is -2.79. The van der Waals surface area contributed by atoms with Gasteiger partial charge in [-0.1, -0.05) is 0 Å². The number of hydrogen-bond acceptors (Lipinski definition) is 0. The minimum absolute atomic E-state index is 1.04. The van der Waals surface area contributed by atoms with E-state index < -0.39 is 21.8 Å². The molecule has 6 aromatic carbocycles. The van der Waals surface area contributed by atoms with E-state index in [0.29, 0.717) is 0 Å². The molecule has 0 unspecified atom stereocenters. The summed E-state index contributed by atoms with van der Waals surface area (Å²) < 4.78 is 0. The summed E-state index contributed by atoms with van der Waals surface area (Å²) in [6, 6.07) is 63.2. The first kappa shape index (κ1) is 29.2. The van der Waals surface area contributed by atoms with Gasteiger partial charge in [0.1, 0.15) is 0 Å². The van der Waals surface area contributed by atoms with Crippen LogP contribution in [0.25, 0.3) is 0 Å². The molecule has 6 rings (SSSR count). The van der Waals surface area contributed by atoms with Crippen molar-refractivity contribution in [2.45, 2.75) is 12.3 Å². The molecule has 0 amide bonds. The monoisotopic (exact) mass is 692 g/mol. The molecule has 0 N–H and O–H groups in total. The van der Waals surface area contributed by atoms with Crippen LogP contribution in [-0.4, -0.2) is 0 Å². The van der Waals surface area contributed by atoms with Crippen molar-refractivity contribution >= 4 is 58.1 Å². The Hall–Kier alpha value is -2.85. The molecule has 0 atom stereocenters. The van der Waals surface area contributed by atoms with E-state index in [1.54, 1.807) is 0 Å². The van der Waals surface area contributed by atoms with Crippen LogP contribution in [0, 0.1) is 0 Å². The van der Waals surface area contributed by atoms with Gasteiger partial charge in [-0.3, -0.25) is 0 Å². The maximum absolute atomic E-state index is 4.97. The summed E-state index contributed by atoms with van der Waals surface area (Å²) in [5, 5.41) is 9.80. The maximum atomic E-state index is 4.97. The molecule has 0 spiro atoms. The number of rotatable bonds is 9. The Morgan fingerprint density at radius 2 is 0.524 bits per heavy atom. The van der Waals surface area contributed by atoms with Crippen LogP contribution in [0.4, 0.5) is 0 Å². The number of benzene rings is 6. The van der Waals surface area contributed by atoms with E-state index in [4.69, 9.17) is 14.2 Å². The molecule has 0 aliphatic heterocycles. The predicted molar refractivity (Wildman–Crippen MR) is 192 cm³/mol. The summed E-state index contributed by atoms with van der Waals surface area (Å²) in [4.78, 5) is 0. The van der Waals surface area contributed by atoms with Crippen LogP contribution in [0.15, 0.2) is 182 Å². The van der Waals surface area contributed by atoms with Gasteiger partial charge >= 0.3 is 262 Å². The molecule has 0 radical (unpaired) electrons. The summed E-state index contributed by atoms with van der Waals surface area (Å²) in [6.07, 6.45) is 0. The third-order valence-corrected chi connectivity index (χ3v) is 47.7. The van der Waals surface area contributed by atoms with Gasteiger partial charge in [0.15, 0.2) is 0 Å². The molecular formula is C38H37BrNiP2. The van der Waals surface area contributed by atoms with E-state index in [1.165, 1.54) is 31.8 Å². The molecule has 0 fully saturated rings. The SMILES string of the molecule is C[CH2][Ni]([Br])([PH](c1ccccc1)(c1ccccc1)c1ccccc1)[PH](c1ccccc1)(c1ccccc1)c1ccccc1. The van der Waals surface area contributed by atoms with Crippen molar-refractivity contribution in [2.75, 3.05) is 0 Å². The average molecular weight is 694 g/mol. The molecule has 0 aromatic heterocycles. The second kappa shape index (κ2) is 12.8. The third-order valence-electron chi connectivity index (χ3n) is 7.98. The molecule has 0 nitrogen and oxygen atoms in total. The Balaban J connectivity index is 1.89. The predicted octanol–water partition coefficient (Wildman–Crippen LogP) is 8.17. The van der Waals surface area contributed by atoms with E-state index >= 15 is 0 Å².